The number of pyridine rings is 1. The number of piperazine rings is 1. The highest BCUT2D eigenvalue weighted by atomic mass is 16.4. The van der Waals surface area contributed by atoms with Crippen LogP contribution >= 0.6 is 0 Å². The van der Waals surface area contributed by atoms with Gasteiger partial charge in [-0.15, -0.1) is 0 Å². The van der Waals surface area contributed by atoms with Crippen molar-refractivity contribution in [1.29, 1.82) is 0 Å². The molecule has 1 fully saturated rings. The number of carboxylic acid groups (broad SMARTS) is 1. The predicted octanol–water partition coefficient (Wildman–Crippen LogP) is 2.83. The largest absolute Gasteiger partial charge is 0.478 e. The third-order valence-electron chi connectivity index (χ3n) is 5.96. The normalized spacial score (nSPS) is 14.0. The summed E-state index contributed by atoms with van der Waals surface area (Å²) in [5, 5.41) is 16.0. The van der Waals surface area contributed by atoms with Gasteiger partial charge in [-0.1, -0.05) is 25.1 Å². The first-order chi connectivity index (χ1) is 16.9. The van der Waals surface area contributed by atoms with Crippen molar-refractivity contribution in [3.63, 3.8) is 0 Å². The number of fused-ring (bicyclic) bond motifs is 1. The van der Waals surface area contributed by atoms with Crippen LogP contribution in [0.2, 0.25) is 0 Å². The molecule has 0 radical (unpaired) electrons. The molecule has 35 heavy (non-hydrogen) atoms. The highest BCUT2D eigenvalue weighted by Crippen LogP contribution is 2.27. The second-order valence-corrected chi connectivity index (χ2v) is 8.50. The first kappa shape index (κ1) is 24.2. The van der Waals surface area contributed by atoms with Crippen molar-refractivity contribution in [1.82, 2.24) is 15.2 Å². The molecule has 0 atom stereocenters. The molecule has 1 aliphatic heterocycles. The van der Waals surface area contributed by atoms with E-state index in [1.54, 1.807) is 48.5 Å². The fraction of sp³-hybridized carbons (Fsp3) is 0.308. The van der Waals surface area contributed by atoms with Crippen molar-refractivity contribution >= 4 is 40.2 Å². The van der Waals surface area contributed by atoms with Gasteiger partial charge >= 0.3 is 5.97 Å². The van der Waals surface area contributed by atoms with Crippen LogP contribution in [-0.2, 0) is 4.79 Å². The molecular weight excluding hydrogens is 446 g/mol. The third-order valence-corrected chi connectivity index (χ3v) is 5.96. The monoisotopic (exact) mass is 475 g/mol. The maximum Gasteiger partial charge on any atom is 0.336 e. The Balaban J connectivity index is 1.50. The summed E-state index contributed by atoms with van der Waals surface area (Å²) >= 11 is 0. The number of nitrogens with one attached hydrogen (secondary N) is 2. The van der Waals surface area contributed by atoms with Gasteiger partial charge in [0.2, 0.25) is 5.91 Å². The average molecular weight is 476 g/mol. The van der Waals surface area contributed by atoms with Crippen LogP contribution in [0, 0.1) is 0 Å². The zero-order valence-electron chi connectivity index (χ0n) is 19.7. The molecule has 1 aliphatic rings. The summed E-state index contributed by atoms with van der Waals surface area (Å²) in [7, 11) is 0. The van der Waals surface area contributed by atoms with Crippen LogP contribution < -0.4 is 15.5 Å². The van der Waals surface area contributed by atoms with Crippen LogP contribution in [0.15, 0.2) is 54.6 Å². The molecule has 9 nitrogen and oxygen atoms in total. The quantitative estimate of drug-likeness (QED) is 0.459. The second-order valence-electron chi connectivity index (χ2n) is 8.50. The Morgan fingerprint density at radius 3 is 2.43 bits per heavy atom. The lowest BCUT2D eigenvalue weighted by molar-refractivity contribution is -0.122. The van der Waals surface area contributed by atoms with Gasteiger partial charge < -0.3 is 20.6 Å². The number of carboxylic acids is 1. The topological polar surface area (TPSA) is 115 Å². The Hall–Kier alpha value is -3.98. The van der Waals surface area contributed by atoms with E-state index in [1.807, 2.05) is 17.9 Å². The van der Waals surface area contributed by atoms with Crippen LogP contribution in [0.3, 0.4) is 0 Å². The van der Waals surface area contributed by atoms with Gasteiger partial charge in [0.25, 0.3) is 5.91 Å². The molecule has 0 spiro atoms. The summed E-state index contributed by atoms with van der Waals surface area (Å²) in [5.41, 5.74) is 1.68. The summed E-state index contributed by atoms with van der Waals surface area (Å²) in [5.74, 6) is -0.720. The van der Waals surface area contributed by atoms with E-state index >= 15 is 0 Å². The van der Waals surface area contributed by atoms with E-state index in [9.17, 15) is 19.5 Å². The van der Waals surface area contributed by atoms with Crippen LogP contribution in [0.25, 0.3) is 10.9 Å². The summed E-state index contributed by atoms with van der Waals surface area (Å²) < 4.78 is 0. The zero-order chi connectivity index (χ0) is 24.8. The number of anilines is 2. The molecule has 182 valence electrons. The van der Waals surface area contributed by atoms with Gasteiger partial charge in [0, 0.05) is 49.4 Å². The van der Waals surface area contributed by atoms with Crippen molar-refractivity contribution in [2.75, 3.05) is 49.5 Å². The fourth-order valence-electron chi connectivity index (χ4n) is 4.08. The molecule has 2 amide bonds. The lowest BCUT2D eigenvalue weighted by Gasteiger charge is -2.35. The standard InChI is InChI=1S/C26H29N5O4/c1-2-10-27-24(32)17-30-11-13-31(14-12-30)23-16-21(26(34)35)20-15-19(8-9-22(20)29-23)28-25(33)18-6-4-3-5-7-18/h3-9,15-16H,2,10-14,17H2,1H3,(H,27,32)(H,28,33)(H,34,35). The van der Waals surface area contributed by atoms with E-state index in [4.69, 9.17) is 4.98 Å². The molecule has 1 aromatic heterocycles. The Morgan fingerprint density at radius 2 is 1.74 bits per heavy atom. The third kappa shape index (κ3) is 5.93. The maximum atomic E-state index is 12.5. The lowest BCUT2D eigenvalue weighted by atomic mass is 10.1. The number of benzene rings is 2. The molecule has 3 aromatic rings. The van der Waals surface area contributed by atoms with Crippen LogP contribution in [-0.4, -0.2) is 72.0 Å². The first-order valence-corrected chi connectivity index (χ1v) is 11.7. The number of nitrogens with zero attached hydrogens (tertiary/aromatic N) is 3. The van der Waals surface area contributed by atoms with Crippen molar-refractivity contribution in [2.45, 2.75) is 13.3 Å². The lowest BCUT2D eigenvalue weighted by Crippen LogP contribution is -2.49. The van der Waals surface area contributed by atoms with Gasteiger partial charge in [-0.05, 0) is 42.8 Å². The van der Waals surface area contributed by atoms with Crippen LogP contribution in [0.5, 0.6) is 0 Å². The van der Waals surface area contributed by atoms with Gasteiger partial charge in [0.1, 0.15) is 5.82 Å². The Bertz CT molecular complexity index is 1220. The van der Waals surface area contributed by atoms with Crippen molar-refractivity contribution < 1.29 is 19.5 Å². The number of hydrogen-bond acceptors (Lipinski definition) is 6. The Kier molecular flexibility index (Phi) is 7.57. The molecule has 4 rings (SSSR count). The smallest absolute Gasteiger partial charge is 0.336 e. The van der Waals surface area contributed by atoms with E-state index in [0.717, 1.165) is 6.42 Å². The van der Waals surface area contributed by atoms with Gasteiger partial charge in [-0.25, -0.2) is 9.78 Å². The van der Waals surface area contributed by atoms with Crippen LogP contribution in [0.1, 0.15) is 34.1 Å². The van der Waals surface area contributed by atoms with E-state index in [1.165, 1.54) is 0 Å². The minimum Gasteiger partial charge on any atom is -0.478 e. The molecule has 9 heteroatoms. The maximum absolute atomic E-state index is 12.5. The van der Waals surface area contributed by atoms with Gasteiger partial charge in [0.15, 0.2) is 0 Å². The SMILES string of the molecule is CCCNC(=O)CN1CCN(c2cc(C(=O)O)c3cc(NC(=O)c4ccccc4)ccc3n2)CC1. The number of carbonyl (C=O) groups excluding carboxylic acids is 2. The number of aromatic carboxylic acids is 1. The predicted molar refractivity (Wildman–Crippen MR) is 135 cm³/mol. The van der Waals surface area contributed by atoms with Gasteiger partial charge in [-0.3, -0.25) is 14.5 Å². The first-order valence-electron chi connectivity index (χ1n) is 11.7. The van der Waals surface area contributed by atoms with Gasteiger partial charge in [0.05, 0.1) is 17.6 Å². The van der Waals surface area contributed by atoms with E-state index < -0.39 is 5.97 Å². The molecule has 2 heterocycles. The minimum absolute atomic E-state index is 0.0208. The highest BCUT2D eigenvalue weighted by molar-refractivity contribution is 6.08. The molecular formula is C26H29N5O4. The molecule has 2 aromatic carbocycles. The average Bonchev–Trinajstić information content (AvgIpc) is 2.87. The van der Waals surface area contributed by atoms with Crippen molar-refractivity contribution in [3.8, 4) is 0 Å². The number of carbonyl (C=O) groups is 3. The summed E-state index contributed by atoms with van der Waals surface area (Å²) in [6, 6.07) is 15.5. The Labute approximate surface area is 203 Å². The van der Waals surface area contributed by atoms with E-state index in [-0.39, 0.29) is 17.4 Å². The highest BCUT2D eigenvalue weighted by Gasteiger charge is 2.22. The van der Waals surface area contributed by atoms with Crippen molar-refractivity contribution in [2.24, 2.45) is 0 Å². The number of aromatic nitrogens is 1. The molecule has 0 saturated carbocycles. The number of amides is 2. The second kappa shape index (κ2) is 11.0. The summed E-state index contributed by atoms with van der Waals surface area (Å²) in [6.45, 7) is 5.71. The fourth-order valence-corrected chi connectivity index (χ4v) is 4.08. The molecule has 1 saturated heterocycles. The van der Waals surface area contributed by atoms with E-state index in [2.05, 4.69) is 15.5 Å². The zero-order valence-corrected chi connectivity index (χ0v) is 19.7. The molecule has 3 N–H and O–H groups in total. The molecule has 0 bridgehead atoms. The summed E-state index contributed by atoms with van der Waals surface area (Å²) in [4.78, 5) is 45.4. The number of hydrogen-bond donors (Lipinski definition) is 3. The van der Waals surface area contributed by atoms with E-state index in [0.29, 0.717) is 67.2 Å². The van der Waals surface area contributed by atoms with Crippen LogP contribution in [0.4, 0.5) is 11.5 Å². The van der Waals surface area contributed by atoms with Gasteiger partial charge in [-0.2, -0.15) is 0 Å². The molecule has 0 aliphatic carbocycles. The minimum atomic E-state index is -1.06. The molecule has 0 unspecified atom stereocenters. The number of rotatable bonds is 8. The Morgan fingerprint density at radius 1 is 1.00 bits per heavy atom. The van der Waals surface area contributed by atoms with Crippen molar-refractivity contribution in [3.05, 3.63) is 65.7 Å². The summed E-state index contributed by atoms with van der Waals surface area (Å²) in [6.07, 6.45) is 0.903.